The fourth-order valence-corrected chi connectivity index (χ4v) is 5.43. The first-order chi connectivity index (χ1) is 20.1. The second-order valence-corrected chi connectivity index (χ2v) is 11.1. The molecule has 0 saturated carbocycles. The van der Waals surface area contributed by atoms with Crippen LogP contribution >= 0.6 is 23.2 Å². The van der Waals surface area contributed by atoms with Gasteiger partial charge in [0, 0.05) is 48.7 Å². The highest BCUT2D eigenvalue weighted by Gasteiger charge is 2.23. The van der Waals surface area contributed by atoms with Crippen molar-refractivity contribution >= 4 is 40.0 Å². The van der Waals surface area contributed by atoms with Gasteiger partial charge in [0.2, 0.25) is 5.75 Å². The molecule has 1 unspecified atom stereocenters. The lowest BCUT2D eigenvalue weighted by atomic mass is 9.94. The molecular weight excluding hydrogens is 580 g/mol. The van der Waals surface area contributed by atoms with Gasteiger partial charge in [0.15, 0.2) is 11.5 Å². The summed E-state index contributed by atoms with van der Waals surface area (Å²) >= 11 is 12.6. The Hall–Kier alpha value is -3.46. The molecule has 7 nitrogen and oxygen atoms in total. The number of amides is 1. The Labute approximate surface area is 256 Å². The van der Waals surface area contributed by atoms with E-state index >= 15 is 0 Å². The molecule has 0 aliphatic rings. The van der Waals surface area contributed by atoms with E-state index in [2.05, 4.69) is 16.9 Å². The van der Waals surface area contributed by atoms with Crippen molar-refractivity contribution in [3.63, 3.8) is 0 Å². The Bertz CT molecular complexity index is 1520. The van der Waals surface area contributed by atoms with Crippen molar-refractivity contribution in [2.45, 2.75) is 18.8 Å². The van der Waals surface area contributed by atoms with Crippen LogP contribution < -0.4 is 14.2 Å². The monoisotopic (exact) mass is 615 g/mol. The molecule has 1 amide bonds. The summed E-state index contributed by atoms with van der Waals surface area (Å²) in [4.78, 5) is 20.7. The first-order valence-corrected chi connectivity index (χ1v) is 14.3. The van der Waals surface area contributed by atoms with E-state index in [4.69, 9.17) is 37.4 Å². The van der Waals surface area contributed by atoms with Crippen molar-refractivity contribution in [3.05, 3.63) is 87.3 Å². The maximum Gasteiger partial charge on any atom is 0.253 e. The Balaban J connectivity index is 1.48. The Morgan fingerprint density at radius 3 is 2.29 bits per heavy atom. The molecule has 0 spiro atoms. The summed E-state index contributed by atoms with van der Waals surface area (Å²) in [6, 6.07) is 13.7. The number of aromatic nitrogens is 1. The molecule has 1 heterocycles. The molecule has 10 heteroatoms. The molecule has 4 rings (SSSR count). The van der Waals surface area contributed by atoms with E-state index in [1.54, 1.807) is 42.3 Å². The lowest BCUT2D eigenvalue weighted by Gasteiger charge is -2.27. The van der Waals surface area contributed by atoms with Crippen LogP contribution in [-0.2, 0) is 6.42 Å². The van der Waals surface area contributed by atoms with Crippen molar-refractivity contribution < 1.29 is 23.4 Å². The van der Waals surface area contributed by atoms with Gasteiger partial charge in [0.05, 0.1) is 31.4 Å². The molecule has 0 fully saturated rings. The van der Waals surface area contributed by atoms with E-state index < -0.39 is 0 Å². The molecule has 224 valence electrons. The third-order valence-corrected chi connectivity index (χ3v) is 8.26. The minimum absolute atomic E-state index is 0.0135. The molecule has 1 N–H and O–H groups in total. The summed E-state index contributed by atoms with van der Waals surface area (Å²) in [7, 11) is 8.39. The number of carbonyl (C=O) groups is 1. The second-order valence-electron chi connectivity index (χ2n) is 10.3. The average Bonchev–Trinajstić information content (AvgIpc) is 3.39. The number of aromatic amines is 1. The van der Waals surface area contributed by atoms with Crippen LogP contribution in [0.1, 0.15) is 33.8 Å². The molecule has 1 aromatic heterocycles. The number of ether oxygens (including phenoxy) is 3. The first kappa shape index (κ1) is 31.5. The van der Waals surface area contributed by atoms with E-state index in [0.717, 1.165) is 48.0 Å². The van der Waals surface area contributed by atoms with Gasteiger partial charge in [-0.2, -0.15) is 0 Å². The Morgan fingerprint density at radius 1 is 0.929 bits per heavy atom. The zero-order chi connectivity index (χ0) is 30.4. The summed E-state index contributed by atoms with van der Waals surface area (Å²) in [6.07, 6.45) is 3.49. The smallest absolute Gasteiger partial charge is 0.253 e. The minimum atomic E-state index is -0.244. The van der Waals surface area contributed by atoms with Crippen LogP contribution in [0.4, 0.5) is 4.39 Å². The fraction of sp³-hybridized carbons (Fsp3) is 0.344. The van der Waals surface area contributed by atoms with Crippen molar-refractivity contribution in [2.75, 3.05) is 55.1 Å². The number of hydrogen-bond acceptors (Lipinski definition) is 5. The predicted molar refractivity (Wildman–Crippen MR) is 166 cm³/mol. The number of nitrogens with one attached hydrogen (secondary N) is 1. The third-order valence-electron chi connectivity index (χ3n) is 7.52. The maximum absolute atomic E-state index is 13.8. The highest BCUT2D eigenvalue weighted by atomic mass is 35.5. The average molecular weight is 617 g/mol. The Morgan fingerprint density at radius 2 is 1.64 bits per heavy atom. The highest BCUT2D eigenvalue weighted by molar-refractivity contribution is 6.42. The van der Waals surface area contributed by atoms with E-state index in [-0.39, 0.29) is 17.6 Å². The summed E-state index contributed by atoms with van der Waals surface area (Å²) in [5, 5.41) is 1.86. The number of carbonyl (C=O) groups excluding carboxylic acids is 1. The molecular formula is C32H36Cl2FN3O4. The van der Waals surface area contributed by atoms with Crippen LogP contribution in [0, 0.1) is 5.82 Å². The zero-order valence-corrected chi connectivity index (χ0v) is 26.0. The molecule has 4 aromatic rings. The van der Waals surface area contributed by atoms with Gasteiger partial charge < -0.3 is 29.0 Å². The number of fused-ring (bicyclic) bond motifs is 1. The number of methoxy groups -OCH3 is 3. The molecule has 0 radical (unpaired) electrons. The van der Waals surface area contributed by atoms with Crippen molar-refractivity contribution in [1.29, 1.82) is 0 Å². The van der Waals surface area contributed by atoms with Crippen LogP contribution in [-0.4, -0.2) is 75.7 Å². The van der Waals surface area contributed by atoms with Gasteiger partial charge in [-0.1, -0.05) is 29.3 Å². The van der Waals surface area contributed by atoms with Crippen LogP contribution in [0.15, 0.2) is 54.7 Å². The van der Waals surface area contributed by atoms with Gasteiger partial charge in [-0.25, -0.2) is 4.39 Å². The molecule has 1 atom stereocenters. The molecule has 0 aliphatic heterocycles. The van der Waals surface area contributed by atoms with Gasteiger partial charge in [-0.3, -0.25) is 4.79 Å². The molecule has 42 heavy (non-hydrogen) atoms. The van der Waals surface area contributed by atoms with Gasteiger partial charge in [0.1, 0.15) is 5.82 Å². The highest BCUT2D eigenvalue weighted by Crippen LogP contribution is 2.38. The third kappa shape index (κ3) is 7.30. The van der Waals surface area contributed by atoms with E-state index in [1.165, 1.54) is 27.4 Å². The number of hydrogen-bond donors (Lipinski definition) is 1. The van der Waals surface area contributed by atoms with Gasteiger partial charge in [-0.05, 0) is 80.0 Å². The van der Waals surface area contributed by atoms with Crippen molar-refractivity contribution in [3.8, 4) is 17.2 Å². The Kier molecular flexibility index (Phi) is 10.6. The normalized spacial score (nSPS) is 12.0. The van der Waals surface area contributed by atoms with Crippen molar-refractivity contribution in [1.82, 2.24) is 14.8 Å². The van der Waals surface area contributed by atoms with Crippen LogP contribution in [0.2, 0.25) is 10.0 Å². The number of halogens is 3. The lowest BCUT2D eigenvalue weighted by molar-refractivity contribution is 0.0782. The SMILES string of the molecule is COc1cc(C(=O)N(C)CC(CCN(C)CCc2c[nH]c3ccc(F)cc23)c2ccc(Cl)c(Cl)c2)cc(OC)c1OC. The van der Waals surface area contributed by atoms with E-state index in [9.17, 15) is 9.18 Å². The number of likely N-dealkylation sites (N-methyl/N-ethyl adjacent to an activating group) is 2. The van der Waals surface area contributed by atoms with E-state index in [0.29, 0.717) is 39.4 Å². The summed E-state index contributed by atoms with van der Waals surface area (Å²) < 4.78 is 30.1. The summed E-state index contributed by atoms with van der Waals surface area (Å²) in [5.41, 5.74) is 3.42. The van der Waals surface area contributed by atoms with E-state index in [1.807, 2.05) is 18.3 Å². The number of nitrogens with zero attached hydrogens (tertiary/aromatic N) is 2. The van der Waals surface area contributed by atoms with Gasteiger partial charge in [0.25, 0.3) is 5.91 Å². The minimum Gasteiger partial charge on any atom is -0.493 e. The number of benzene rings is 3. The molecule has 3 aromatic carbocycles. The fourth-order valence-electron chi connectivity index (χ4n) is 5.12. The zero-order valence-electron chi connectivity index (χ0n) is 24.5. The van der Waals surface area contributed by atoms with Crippen LogP contribution in [0.25, 0.3) is 10.9 Å². The number of H-pyrrole nitrogens is 1. The molecule has 0 aliphatic carbocycles. The quantitative estimate of drug-likeness (QED) is 0.174. The summed E-state index contributed by atoms with van der Waals surface area (Å²) in [5.74, 6) is 0.808. The predicted octanol–water partition coefficient (Wildman–Crippen LogP) is 7.06. The van der Waals surface area contributed by atoms with Gasteiger partial charge >= 0.3 is 0 Å². The first-order valence-electron chi connectivity index (χ1n) is 13.6. The molecule has 0 bridgehead atoms. The topological polar surface area (TPSA) is 67.0 Å². The maximum atomic E-state index is 13.8. The summed E-state index contributed by atoms with van der Waals surface area (Å²) in [6.45, 7) is 2.01. The van der Waals surface area contributed by atoms with Crippen LogP contribution in [0.5, 0.6) is 17.2 Å². The van der Waals surface area contributed by atoms with Gasteiger partial charge in [-0.15, -0.1) is 0 Å². The standard InChI is InChI=1S/C32H36Cl2FN3O4/c1-37(12-10-21-18-36-28-9-7-24(35)17-25(21)28)13-11-22(20-6-8-26(33)27(34)14-20)19-38(2)32(39)23-15-29(40-3)31(42-5)30(16-23)41-4/h6-9,14-18,22,36H,10-13,19H2,1-5H3. The molecule has 0 saturated heterocycles. The largest absolute Gasteiger partial charge is 0.493 e. The van der Waals surface area contributed by atoms with Crippen LogP contribution in [0.3, 0.4) is 0 Å². The van der Waals surface area contributed by atoms with Crippen molar-refractivity contribution in [2.24, 2.45) is 0 Å². The number of rotatable bonds is 13. The lowest BCUT2D eigenvalue weighted by Crippen LogP contribution is -2.33. The second kappa shape index (κ2) is 14.1.